The molecule has 2 fully saturated rings. The summed E-state index contributed by atoms with van der Waals surface area (Å²) in [6.07, 6.45) is 3.93. The number of anilines is 1. The molecule has 32 heavy (non-hydrogen) atoms. The first-order valence-corrected chi connectivity index (χ1v) is 12.5. The van der Waals surface area contributed by atoms with Gasteiger partial charge in [0.25, 0.3) is 5.91 Å². The van der Waals surface area contributed by atoms with Gasteiger partial charge >= 0.3 is 0 Å². The Labute approximate surface area is 188 Å². The Morgan fingerprint density at radius 2 is 1.53 bits per heavy atom. The van der Waals surface area contributed by atoms with Crippen molar-refractivity contribution in [2.24, 2.45) is 0 Å². The van der Waals surface area contributed by atoms with E-state index in [-0.39, 0.29) is 19.0 Å². The van der Waals surface area contributed by atoms with E-state index in [1.165, 1.54) is 4.31 Å². The van der Waals surface area contributed by atoms with Crippen LogP contribution in [0.1, 0.15) is 23.2 Å². The lowest BCUT2D eigenvalue weighted by Crippen LogP contribution is -2.50. The zero-order chi connectivity index (χ0) is 22.1. The Balaban J connectivity index is 1.31. The zero-order valence-corrected chi connectivity index (χ0v) is 18.7. The smallest absolute Gasteiger partial charge is 0.257 e. The predicted molar refractivity (Wildman–Crippen MR) is 124 cm³/mol. The van der Waals surface area contributed by atoms with E-state index in [9.17, 15) is 13.2 Å². The minimum Gasteiger partial charge on any atom is -0.356 e. The molecular formula is C24H26N4O3S. The number of hydrogen-bond donors (Lipinski definition) is 0. The van der Waals surface area contributed by atoms with Crippen LogP contribution in [0.2, 0.25) is 0 Å². The molecule has 0 bridgehead atoms. The van der Waals surface area contributed by atoms with Gasteiger partial charge in [-0.2, -0.15) is 4.31 Å². The molecule has 2 aromatic carbocycles. The van der Waals surface area contributed by atoms with Crippen LogP contribution in [-0.2, 0) is 10.0 Å². The van der Waals surface area contributed by atoms with Crippen LogP contribution in [0, 0.1) is 0 Å². The highest BCUT2D eigenvalue weighted by Gasteiger charge is 2.32. The molecule has 2 aliphatic heterocycles. The summed E-state index contributed by atoms with van der Waals surface area (Å²) in [6.45, 7) is 3.10. The molecule has 3 heterocycles. The Morgan fingerprint density at radius 3 is 2.28 bits per heavy atom. The average molecular weight is 451 g/mol. The Hall–Kier alpha value is -2.97. The largest absolute Gasteiger partial charge is 0.356 e. The van der Waals surface area contributed by atoms with Crippen molar-refractivity contribution in [1.82, 2.24) is 14.2 Å². The van der Waals surface area contributed by atoms with Gasteiger partial charge in [-0.25, -0.2) is 13.4 Å². The monoisotopic (exact) mass is 450 g/mol. The molecule has 2 aliphatic rings. The second-order valence-electron chi connectivity index (χ2n) is 8.27. The van der Waals surface area contributed by atoms with E-state index in [1.54, 1.807) is 29.3 Å². The van der Waals surface area contributed by atoms with Crippen molar-refractivity contribution in [3.05, 3.63) is 66.4 Å². The van der Waals surface area contributed by atoms with Gasteiger partial charge in [0.1, 0.15) is 5.82 Å². The van der Waals surface area contributed by atoms with Crippen molar-refractivity contribution in [3.8, 4) is 0 Å². The van der Waals surface area contributed by atoms with Gasteiger partial charge < -0.3 is 9.80 Å². The normalized spacial score (nSPS) is 17.8. The first kappa shape index (κ1) is 20.9. The summed E-state index contributed by atoms with van der Waals surface area (Å²) < 4.78 is 27.9. The van der Waals surface area contributed by atoms with E-state index >= 15 is 0 Å². The van der Waals surface area contributed by atoms with Crippen molar-refractivity contribution in [2.45, 2.75) is 17.7 Å². The molecule has 0 atom stereocenters. The third-order valence-corrected chi connectivity index (χ3v) is 8.20. The number of nitrogens with zero attached hydrogens (tertiary/aromatic N) is 4. The minimum absolute atomic E-state index is 0.0808. The molecule has 3 aromatic rings. The summed E-state index contributed by atoms with van der Waals surface area (Å²) in [5, 5.41) is 1.90. The molecular weight excluding hydrogens is 424 g/mol. The molecule has 166 valence electrons. The standard InChI is InChI=1S/C24H26N4O3S/c29-24(22-8-5-11-25-23(22)26-12-3-4-13-26)27-14-16-28(17-15-27)32(30,31)21-10-9-19-6-1-2-7-20(19)18-21/h1-2,5-11,18H,3-4,12-17H2. The van der Waals surface area contributed by atoms with Gasteiger partial charge in [-0.05, 0) is 47.9 Å². The molecule has 0 aliphatic carbocycles. The molecule has 7 nitrogen and oxygen atoms in total. The van der Waals surface area contributed by atoms with Gasteiger partial charge in [0, 0.05) is 45.5 Å². The summed E-state index contributed by atoms with van der Waals surface area (Å²) in [5.74, 6) is 0.656. The molecule has 0 spiro atoms. The lowest BCUT2D eigenvalue weighted by Gasteiger charge is -2.34. The molecule has 0 N–H and O–H groups in total. The highest BCUT2D eigenvalue weighted by Crippen LogP contribution is 2.26. The quantitative estimate of drug-likeness (QED) is 0.611. The van der Waals surface area contributed by atoms with Crippen LogP contribution in [0.4, 0.5) is 5.82 Å². The van der Waals surface area contributed by atoms with Gasteiger partial charge in [-0.3, -0.25) is 4.79 Å². The van der Waals surface area contributed by atoms with Gasteiger partial charge in [-0.15, -0.1) is 0 Å². The van der Waals surface area contributed by atoms with Crippen molar-refractivity contribution >= 4 is 32.5 Å². The van der Waals surface area contributed by atoms with E-state index in [1.807, 2.05) is 36.4 Å². The van der Waals surface area contributed by atoms with Crippen LogP contribution in [0.3, 0.4) is 0 Å². The SMILES string of the molecule is O=C(c1cccnc1N1CCCC1)N1CCN(S(=O)(=O)c2ccc3ccccc3c2)CC1. The Bertz CT molecular complexity index is 1250. The van der Waals surface area contributed by atoms with Crippen LogP contribution in [0.5, 0.6) is 0 Å². The number of hydrogen-bond acceptors (Lipinski definition) is 5. The summed E-state index contributed by atoms with van der Waals surface area (Å²) in [7, 11) is -3.61. The third-order valence-electron chi connectivity index (χ3n) is 6.31. The fourth-order valence-electron chi connectivity index (χ4n) is 4.52. The van der Waals surface area contributed by atoms with Gasteiger partial charge in [-0.1, -0.05) is 30.3 Å². The van der Waals surface area contributed by atoms with Crippen LogP contribution >= 0.6 is 0 Å². The van der Waals surface area contributed by atoms with Crippen molar-refractivity contribution < 1.29 is 13.2 Å². The molecule has 0 unspecified atom stereocenters. The topological polar surface area (TPSA) is 73.8 Å². The Kier molecular flexibility index (Phi) is 5.57. The van der Waals surface area contributed by atoms with E-state index in [2.05, 4.69) is 9.88 Å². The lowest BCUT2D eigenvalue weighted by molar-refractivity contribution is 0.0698. The first-order valence-electron chi connectivity index (χ1n) is 11.0. The number of carbonyl (C=O) groups excluding carboxylic acids is 1. The van der Waals surface area contributed by atoms with E-state index < -0.39 is 10.0 Å². The number of carbonyl (C=O) groups is 1. The van der Waals surface area contributed by atoms with Crippen LogP contribution in [-0.4, -0.2) is 67.8 Å². The molecule has 1 amide bonds. The highest BCUT2D eigenvalue weighted by atomic mass is 32.2. The Morgan fingerprint density at radius 1 is 0.812 bits per heavy atom. The van der Waals surface area contributed by atoms with Crippen molar-refractivity contribution in [2.75, 3.05) is 44.2 Å². The predicted octanol–water partition coefficient (Wildman–Crippen LogP) is 2.98. The second kappa shape index (κ2) is 8.52. The van der Waals surface area contributed by atoms with Crippen molar-refractivity contribution in [3.63, 3.8) is 0 Å². The maximum atomic E-state index is 13.2. The maximum absolute atomic E-state index is 13.2. The number of amides is 1. The van der Waals surface area contributed by atoms with Gasteiger partial charge in [0.2, 0.25) is 10.0 Å². The second-order valence-corrected chi connectivity index (χ2v) is 10.2. The number of pyridine rings is 1. The number of aromatic nitrogens is 1. The van der Waals surface area contributed by atoms with E-state index in [0.717, 1.165) is 42.5 Å². The molecule has 0 radical (unpaired) electrons. The van der Waals surface area contributed by atoms with Crippen LogP contribution in [0.25, 0.3) is 10.8 Å². The molecule has 0 saturated carbocycles. The zero-order valence-electron chi connectivity index (χ0n) is 17.9. The number of rotatable bonds is 4. The van der Waals surface area contributed by atoms with Crippen molar-refractivity contribution in [1.29, 1.82) is 0 Å². The van der Waals surface area contributed by atoms with Gasteiger partial charge in [0.05, 0.1) is 10.5 Å². The fraction of sp³-hybridized carbons (Fsp3) is 0.333. The molecule has 2 saturated heterocycles. The highest BCUT2D eigenvalue weighted by molar-refractivity contribution is 7.89. The fourth-order valence-corrected chi connectivity index (χ4v) is 5.98. The van der Waals surface area contributed by atoms with E-state index in [4.69, 9.17) is 0 Å². The number of benzene rings is 2. The maximum Gasteiger partial charge on any atom is 0.257 e. The summed E-state index contributed by atoms with van der Waals surface area (Å²) in [4.78, 5) is 21.9. The number of sulfonamides is 1. The number of fused-ring (bicyclic) bond motifs is 1. The lowest BCUT2D eigenvalue weighted by atomic mass is 10.1. The summed E-state index contributed by atoms with van der Waals surface area (Å²) >= 11 is 0. The molecule has 8 heteroatoms. The van der Waals surface area contributed by atoms with Crippen LogP contribution < -0.4 is 4.90 Å². The summed E-state index contributed by atoms with van der Waals surface area (Å²) in [5.41, 5.74) is 0.597. The third kappa shape index (κ3) is 3.84. The average Bonchev–Trinajstić information content (AvgIpc) is 3.38. The van der Waals surface area contributed by atoms with Crippen LogP contribution in [0.15, 0.2) is 65.7 Å². The minimum atomic E-state index is -3.61. The van der Waals surface area contributed by atoms with Gasteiger partial charge in [0.15, 0.2) is 0 Å². The van der Waals surface area contributed by atoms with E-state index in [0.29, 0.717) is 23.5 Å². The molecule has 5 rings (SSSR count). The number of piperazine rings is 1. The molecule has 1 aromatic heterocycles. The first-order chi connectivity index (χ1) is 15.5. The summed E-state index contributed by atoms with van der Waals surface area (Å²) in [6, 6.07) is 16.5.